The average Bonchev–Trinajstić information content (AvgIpc) is 2.76. The summed E-state index contributed by atoms with van der Waals surface area (Å²) >= 11 is 3.40. The van der Waals surface area contributed by atoms with Crippen molar-refractivity contribution < 1.29 is 4.52 Å². The van der Waals surface area contributed by atoms with Crippen LogP contribution in [0.25, 0.3) is 11.4 Å². The van der Waals surface area contributed by atoms with E-state index < -0.39 is 0 Å². The first-order chi connectivity index (χ1) is 8.65. The third-order valence-corrected chi connectivity index (χ3v) is 3.95. The van der Waals surface area contributed by atoms with Crippen molar-refractivity contribution in [1.29, 1.82) is 0 Å². The second-order valence-electron chi connectivity index (χ2n) is 4.91. The van der Waals surface area contributed by atoms with Crippen molar-refractivity contribution in [2.75, 3.05) is 0 Å². The number of rotatable bonds is 3. The first-order valence-corrected chi connectivity index (χ1v) is 6.81. The van der Waals surface area contributed by atoms with E-state index in [1.165, 1.54) is 6.42 Å². The number of aromatic nitrogens is 2. The van der Waals surface area contributed by atoms with E-state index in [0.29, 0.717) is 18.1 Å². The van der Waals surface area contributed by atoms with Crippen molar-refractivity contribution in [2.45, 2.75) is 31.2 Å². The molecule has 0 atom stereocenters. The maximum atomic E-state index is 6.17. The standard InChI is InChI=1S/C13H14BrN3O/c14-10-4-2-9(3-5-10)12-16-11(18-17-12)8-13(15)6-1-7-13/h2-5H,1,6-8,15H2. The van der Waals surface area contributed by atoms with Gasteiger partial charge in [0.1, 0.15) is 0 Å². The summed E-state index contributed by atoms with van der Waals surface area (Å²) in [5.41, 5.74) is 7.00. The van der Waals surface area contributed by atoms with Crippen molar-refractivity contribution in [3.63, 3.8) is 0 Å². The third kappa shape index (κ3) is 2.33. The molecule has 0 aliphatic heterocycles. The zero-order valence-electron chi connectivity index (χ0n) is 9.90. The fourth-order valence-corrected chi connectivity index (χ4v) is 2.42. The van der Waals surface area contributed by atoms with Crippen LogP contribution in [0.1, 0.15) is 25.2 Å². The Kier molecular flexibility index (Phi) is 2.95. The van der Waals surface area contributed by atoms with E-state index in [9.17, 15) is 0 Å². The summed E-state index contributed by atoms with van der Waals surface area (Å²) in [4.78, 5) is 4.40. The summed E-state index contributed by atoms with van der Waals surface area (Å²) in [6, 6.07) is 7.84. The van der Waals surface area contributed by atoms with Gasteiger partial charge in [0.15, 0.2) is 0 Å². The van der Waals surface area contributed by atoms with E-state index in [1.54, 1.807) is 0 Å². The molecule has 1 aliphatic carbocycles. The molecule has 1 aliphatic rings. The minimum atomic E-state index is -0.122. The largest absolute Gasteiger partial charge is 0.339 e. The number of hydrogen-bond donors (Lipinski definition) is 1. The Bertz CT molecular complexity index is 546. The summed E-state index contributed by atoms with van der Waals surface area (Å²) in [7, 11) is 0. The van der Waals surface area contributed by atoms with Crippen LogP contribution in [0.2, 0.25) is 0 Å². The minimum absolute atomic E-state index is 0.122. The van der Waals surface area contributed by atoms with Crippen LogP contribution in [0.3, 0.4) is 0 Å². The highest BCUT2D eigenvalue weighted by atomic mass is 79.9. The molecule has 1 fully saturated rings. The molecule has 1 heterocycles. The van der Waals surface area contributed by atoms with E-state index in [-0.39, 0.29) is 5.54 Å². The molecule has 0 spiro atoms. The van der Waals surface area contributed by atoms with Crippen LogP contribution in [-0.2, 0) is 6.42 Å². The lowest BCUT2D eigenvalue weighted by Gasteiger charge is -2.36. The van der Waals surface area contributed by atoms with Crippen LogP contribution in [0.5, 0.6) is 0 Å². The molecule has 0 unspecified atom stereocenters. The average molecular weight is 308 g/mol. The molecule has 0 amide bonds. The lowest BCUT2D eigenvalue weighted by molar-refractivity contribution is 0.222. The zero-order valence-corrected chi connectivity index (χ0v) is 11.5. The van der Waals surface area contributed by atoms with Gasteiger partial charge < -0.3 is 10.3 Å². The summed E-state index contributed by atoms with van der Waals surface area (Å²) in [5.74, 6) is 1.26. The van der Waals surface area contributed by atoms with E-state index in [2.05, 4.69) is 26.1 Å². The number of nitrogens with zero attached hydrogens (tertiary/aromatic N) is 2. The van der Waals surface area contributed by atoms with Crippen LogP contribution in [0.15, 0.2) is 33.3 Å². The van der Waals surface area contributed by atoms with Crippen molar-refractivity contribution in [2.24, 2.45) is 5.73 Å². The Labute approximate surface area is 114 Å². The molecular weight excluding hydrogens is 294 g/mol. The van der Waals surface area contributed by atoms with E-state index in [1.807, 2.05) is 24.3 Å². The maximum absolute atomic E-state index is 6.17. The fraction of sp³-hybridized carbons (Fsp3) is 0.385. The van der Waals surface area contributed by atoms with Crippen LogP contribution >= 0.6 is 15.9 Å². The Morgan fingerprint density at radius 1 is 1.28 bits per heavy atom. The summed E-state index contributed by atoms with van der Waals surface area (Å²) < 4.78 is 6.30. The predicted molar refractivity (Wildman–Crippen MR) is 71.9 cm³/mol. The summed E-state index contributed by atoms with van der Waals surface area (Å²) in [6.07, 6.45) is 3.97. The van der Waals surface area contributed by atoms with Gasteiger partial charge in [-0.25, -0.2) is 0 Å². The molecular formula is C13H14BrN3O. The molecule has 94 valence electrons. The zero-order chi connectivity index (χ0) is 12.6. The van der Waals surface area contributed by atoms with Crippen LogP contribution in [-0.4, -0.2) is 15.7 Å². The lowest BCUT2D eigenvalue weighted by Crippen LogP contribution is -2.48. The van der Waals surface area contributed by atoms with Gasteiger partial charge in [-0.15, -0.1) is 0 Å². The first kappa shape index (κ1) is 11.9. The molecule has 1 aromatic carbocycles. The summed E-state index contributed by atoms with van der Waals surface area (Å²) in [5, 5.41) is 4.00. The van der Waals surface area contributed by atoms with E-state index >= 15 is 0 Å². The smallest absolute Gasteiger partial charge is 0.228 e. The molecule has 18 heavy (non-hydrogen) atoms. The number of hydrogen-bond acceptors (Lipinski definition) is 4. The third-order valence-electron chi connectivity index (χ3n) is 3.42. The minimum Gasteiger partial charge on any atom is -0.339 e. The van der Waals surface area contributed by atoms with Gasteiger partial charge in [0, 0.05) is 22.0 Å². The normalized spacial score (nSPS) is 17.4. The Morgan fingerprint density at radius 2 is 2.00 bits per heavy atom. The highest BCUT2D eigenvalue weighted by Crippen LogP contribution is 2.32. The van der Waals surface area contributed by atoms with Gasteiger partial charge >= 0.3 is 0 Å². The van der Waals surface area contributed by atoms with Crippen LogP contribution < -0.4 is 5.73 Å². The first-order valence-electron chi connectivity index (χ1n) is 6.02. The summed E-state index contributed by atoms with van der Waals surface area (Å²) in [6.45, 7) is 0. The molecule has 1 saturated carbocycles. The van der Waals surface area contributed by atoms with Crippen molar-refractivity contribution in [3.8, 4) is 11.4 Å². The van der Waals surface area contributed by atoms with Gasteiger partial charge in [-0.2, -0.15) is 4.98 Å². The predicted octanol–water partition coefficient (Wildman–Crippen LogP) is 2.92. The monoisotopic (exact) mass is 307 g/mol. The second-order valence-corrected chi connectivity index (χ2v) is 5.83. The van der Waals surface area contributed by atoms with E-state index in [4.69, 9.17) is 10.3 Å². The van der Waals surface area contributed by atoms with Gasteiger partial charge in [0.05, 0.1) is 0 Å². The van der Waals surface area contributed by atoms with E-state index in [0.717, 1.165) is 22.9 Å². The number of nitrogens with two attached hydrogens (primary N) is 1. The SMILES string of the molecule is NC1(Cc2nc(-c3ccc(Br)cc3)no2)CCC1. The Hall–Kier alpha value is -1.20. The van der Waals surface area contributed by atoms with Gasteiger partial charge in [-0.05, 0) is 43.5 Å². The van der Waals surface area contributed by atoms with Crippen molar-refractivity contribution in [3.05, 3.63) is 34.6 Å². The van der Waals surface area contributed by atoms with Gasteiger partial charge in [-0.1, -0.05) is 21.1 Å². The topological polar surface area (TPSA) is 64.9 Å². The Balaban J connectivity index is 1.78. The molecule has 0 radical (unpaired) electrons. The van der Waals surface area contributed by atoms with Crippen molar-refractivity contribution >= 4 is 15.9 Å². The van der Waals surface area contributed by atoms with Gasteiger partial charge in [0.2, 0.25) is 11.7 Å². The maximum Gasteiger partial charge on any atom is 0.228 e. The molecule has 4 nitrogen and oxygen atoms in total. The molecule has 2 N–H and O–H groups in total. The quantitative estimate of drug-likeness (QED) is 0.947. The molecule has 5 heteroatoms. The second kappa shape index (κ2) is 4.48. The fourth-order valence-electron chi connectivity index (χ4n) is 2.15. The molecule has 0 bridgehead atoms. The highest BCUT2D eigenvalue weighted by Gasteiger charge is 2.34. The van der Waals surface area contributed by atoms with Crippen molar-refractivity contribution in [1.82, 2.24) is 10.1 Å². The van der Waals surface area contributed by atoms with Gasteiger partial charge in [0.25, 0.3) is 0 Å². The van der Waals surface area contributed by atoms with Crippen LogP contribution in [0, 0.1) is 0 Å². The van der Waals surface area contributed by atoms with Gasteiger partial charge in [-0.3, -0.25) is 0 Å². The lowest BCUT2D eigenvalue weighted by atomic mass is 9.75. The highest BCUT2D eigenvalue weighted by molar-refractivity contribution is 9.10. The van der Waals surface area contributed by atoms with Crippen LogP contribution in [0.4, 0.5) is 0 Å². The molecule has 1 aromatic heterocycles. The number of halogens is 1. The molecule has 2 aromatic rings. The Morgan fingerprint density at radius 3 is 2.61 bits per heavy atom. The molecule has 0 saturated heterocycles. The molecule has 3 rings (SSSR count). The number of benzene rings is 1.